The number of phenols is 2. The Kier molecular flexibility index (Phi) is 7.47. The van der Waals surface area contributed by atoms with Gasteiger partial charge >= 0.3 is 0 Å². The molecule has 3 N–H and O–H groups in total. The van der Waals surface area contributed by atoms with Gasteiger partial charge in [0, 0.05) is 11.6 Å². The van der Waals surface area contributed by atoms with Gasteiger partial charge in [-0.15, -0.1) is 10.1 Å². The lowest BCUT2D eigenvalue weighted by atomic mass is 9.81. The molecule has 0 spiro atoms. The van der Waals surface area contributed by atoms with Crippen LogP contribution in [0, 0.1) is 16.0 Å². The minimum atomic E-state index is -0.776. The fourth-order valence-corrected chi connectivity index (χ4v) is 3.94. The molecule has 1 aliphatic rings. The molecular formula is C20H30N2O5. The quantitative estimate of drug-likeness (QED) is 0.259. The highest BCUT2D eigenvalue weighted by atomic mass is 16.9. The number of aromatic hydroxyl groups is 2. The number of hydrogen-bond donors (Lipinski definition) is 3. The molecule has 0 saturated heterocycles. The zero-order valence-corrected chi connectivity index (χ0v) is 16.3. The molecule has 0 aromatic heterocycles. The Hall–Kier alpha value is -2.28. The zero-order valence-electron chi connectivity index (χ0n) is 16.3. The van der Waals surface area contributed by atoms with Gasteiger partial charge in [0.05, 0.1) is 12.6 Å². The smallest absolute Gasteiger partial charge is 0.294 e. The van der Waals surface area contributed by atoms with Gasteiger partial charge in [-0.05, 0) is 62.3 Å². The number of aryl methyl sites for hydroxylation is 1. The van der Waals surface area contributed by atoms with E-state index in [0.717, 1.165) is 36.9 Å². The maximum Gasteiger partial charge on any atom is 0.294 e. The minimum Gasteiger partial charge on any atom is -0.508 e. The number of rotatable bonds is 9. The zero-order chi connectivity index (χ0) is 20.0. The molecule has 7 heteroatoms. The van der Waals surface area contributed by atoms with Crippen LogP contribution in [0.1, 0.15) is 63.6 Å². The number of nitrogens with zero attached hydrogens (tertiary/aromatic N) is 1. The van der Waals surface area contributed by atoms with Gasteiger partial charge in [0.2, 0.25) is 0 Å². The third-order valence-corrected chi connectivity index (χ3v) is 5.08. The van der Waals surface area contributed by atoms with Gasteiger partial charge in [-0.3, -0.25) is 0 Å². The summed E-state index contributed by atoms with van der Waals surface area (Å²) in [5.41, 5.74) is 4.39. The molecular weight excluding hydrogens is 348 g/mol. The molecule has 0 saturated carbocycles. The van der Waals surface area contributed by atoms with Crippen LogP contribution in [0.2, 0.25) is 0 Å². The summed E-state index contributed by atoms with van der Waals surface area (Å²) in [6.07, 6.45) is 3.84. The average molecular weight is 378 g/mol. The first kappa shape index (κ1) is 21.0. The second-order valence-corrected chi connectivity index (χ2v) is 7.43. The summed E-state index contributed by atoms with van der Waals surface area (Å²) in [5, 5.41) is 33.5. The molecule has 1 unspecified atom stereocenters. The average Bonchev–Trinajstić information content (AvgIpc) is 2.56. The summed E-state index contributed by atoms with van der Waals surface area (Å²) in [7, 11) is 0. The highest BCUT2D eigenvalue weighted by Gasteiger charge is 2.28. The predicted molar refractivity (Wildman–Crippen MR) is 103 cm³/mol. The Morgan fingerprint density at radius 3 is 2.70 bits per heavy atom. The Bertz CT molecular complexity index is 700. The van der Waals surface area contributed by atoms with Crippen LogP contribution < -0.4 is 5.32 Å². The van der Waals surface area contributed by atoms with E-state index in [-0.39, 0.29) is 24.1 Å². The van der Waals surface area contributed by atoms with E-state index in [1.807, 2.05) is 0 Å². The van der Waals surface area contributed by atoms with Crippen LogP contribution in [-0.2, 0) is 11.3 Å². The molecule has 1 aliphatic heterocycles. The second kappa shape index (κ2) is 9.60. The van der Waals surface area contributed by atoms with Gasteiger partial charge in [-0.1, -0.05) is 25.8 Å². The Labute approximate surface area is 160 Å². The van der Waals surface area contributed by atoms with Crippen LogP contribution >= 0.6 is 0 Å². The fourth-order valence-electron chi connectivity index (χ4n) is 3.94. The van der Waals surface area contributed by atoms with E-state index < -0.39 is 5.09 Å². The molecule has 0 amide bonds. The largest absolute Gasteiger partial charge is 0.508 e. The Morgan fingerprint density at radius 2 is 2.04 bits per heavy atom. The minimum absolute atomic E-state index is 0.0468. The fraction of sp³-hybridized carbons (Fsp3) is 0.600. The van der Waals surface area contributed by atoms with E-state index in [1.165, 1.54) is 17.2 Å². The van der Waals surface area contributed by atoms with Gasteiger partial charge in [-0.2, -0.15) is 0 Å². The lowest BCUT2D eigenvalue weighted by Crippen LogP contribution is -2.32. The number of nitrogens with one attached hydrogen (secondary N) is 1. The number of benzene rings is 1. The van der Waals surface area contributed by atoms with Crippen molar-refractivity contribution in [3.63, 3.8) is 0 Å². The van der Waals surface area contributed by atoms with E-state index in [1.54, 1.807) is 6.07 Å². The summed E-state index contributed by atoms with van der Waals surface area (Å²) in [5.74, 6) is 0.501. The first-order valence-electron chi connectivity index (χ1n) is 9.56. The van der Waals surface area contributed by atoms with E-state index >= 15 is 0 Å². The predicted octanol–water partition coefficient (Wildman–Crippen LogP) is 4.03. The lowest BCUT2D eigenvalue weighted by molar-refractivity contribution is -0.757. The van der Waals surface area contributed by atoms with Crippen LogP contribution in [0.3, 0.4) is 0 Å². The van der Waals surface area contributed by atoms with Gasteiger partial charge in [0.1, 0.15) is 11.5 Å². The molecule has 7 nitrogen and oxygen atoms in total. The summed E-state index contributed by atoms with van der Waals surface area (Å²) >= 11 is 0. The lowest BCUT2D eigenvalue weighted by Gasteiger charge is -2.33. The summed E-state index contributed by atoms with van der Waals surface area (Å²) < 4.78 is 0. The Balaban J connectivity index is 2.19. The van der Waals surface area contributed by atoms with Crippen LogP contribution in [0.4, 0.5) is 0 Å². The number of hydrogen-bond acceptors (Lipinski definition) is 6. The van der Waals surface area contributed by atoms with Gasteiger partial charge in [-0.25, -0.2) is 0 Å². The summed E-state index contributed by atoms with van der Waals surface area (Å²) in [4.78, 5) is 14.5. The third-order valence-electron chi connectivity index (χ3n) is 5.08. The van der Waals surface area contributed by atoms with Crippen molar-refractivity contribution >= 4 is 0 Å². The molecule has 1 aromatic carbocycles. The van der Waals surface area contributed by atoms with E-state index in [4.69, 9.17) is 0 Å². The summed E-state index contributed by atoms with van der Waals surface area (Å²) in [6, 6.07) is 3.05. The summed E-state index contributed by atoms with van der Waals surface area (Å²) in [6.45, 7) is 7.41. The first-order chi connectivity index (χ1) is 12.8. The molecule has 1 atom stereocenters. The van der Waals surface area contributed by atoms with Gasteiger partial charge in [0.15, 0.2) is 0 Å². The molecule has 0 bridgehead atoms. The maximum absolute atomic E-state index is 10.6. The molecule has 0 fully saturated rings. The molecule has 0 aliphatic carbocycles. The standard InChI is InChI=1S/C20H30N2O5/c1-13(2)18-14(3)8-9-21-20(18)19-15(11-16(23)12-17(19)24)7-5-4-6-10-27-22(25)26/h11-13,20-21,23-24H,4-10H2,1-3H3. The van der Waals surface area contributed by atoms with Crippen LogP contribution in [0.5, 0.6) is 11.5 Å². The molecule has 1 heterocycles. The van der Waals surface area contributed by atoms with Crippen molar-refractivity contribution in [2.24, 2.45) is 5.92 Å². The molecule has 0 radical (unpaired) electrons. The van der Waals surface area contributed by atoms with Crippen LogP contribution in [0.25, 0.3) is 0 Å². The topological polar surface area (TPSA) is 105 Å². The van der Waals surface area contributed by atoms with Crippen molar-refractivity contribution in [1.29, 1.82) is 0 Å². The van der Waals surface area contributed by atoms with Crippen molar-refractivity contribution < 1.29 is 20.1 Å². The van der Waals surface area contributed by atoms with Crippen molar-refractivity contribution in [3.05, 3.63) is 44.5 Å². The second-order valence-electron chi connectivity index (χ2n) is 7.43. The van der Waals surface area contributed by atoms with E-state index in [9.17, 15) is 20.3 Å². The van der Waals surface area contributed by atoms with Crippen molar-refractivity contribution in [2.45, 2.75) is 58.9 Å². The maximum atomic E-state index is 10.6. The molecule has 150 valence electrons. The molecule has 2 rings (SSSR count). The number of phenolic OH excluding ortho intramolecular Hbond substituents is 2. The normalized spacial score (nSPS) is 17.4. The number of unbranched alkanes of at least 4 members (excludes halogenated alkanes) is 2. The van der Waals surface area contributed by atoms with Crippen molar-refractivity contribution in [3.8, 4) is 11.5 Å². The highest BCUT2D eigenvalue weighted by Crippen LogP contribution is 2.41. The Morgan fingerprint density at radius 1 is 1.30 bits per heavy atom. The van der Waals surface area contributed by atoms with E-state index in [0.29, 0.717) is 18.8 Å². The van der Waals surface area contributed by atoms with Crippen LogP contribution in [0.15, 0.2) is 23.3 Å². The van der Waals surface area contributed by atoms with Crippen LogP contribution in [-0.4, -0.2) is 28.5 Å². The molecule has 27 heavy (non-hydrogen) atoms. The van der Waals surface area contributed by atoms with Crippen molar-refractivity contribution in [1.82, 2.24) is 5.32 Å². The highest BCUT2D eigenvalue weighted by molar-refractivity contribution is 5.51. The third kappa shape index (κ3) is 5.60. The van der Waals surface area contributed by atoms with Crippen molar-refractivity contribution in [2.75, 3.05) is 13.2 Å². The molecule has 1 aromatic rings. The first-order valence-corrected chi connectivity index (χ1v) is 9.56. The monoisotopic (exact) mass is 378 g/mol. The van der Waals surface area contributed by atoms with E-state index in [2.05, 4.69) is 30.9 Å². The van der Waals surface area contributed by atoms with Gasteiger partial charge in [0.25, 0.3) is 5.09 Å². The SMILES string of the molecule is CC1=C(C(C)C)C(c2c(O)cc(O)cc2CCCCCO[N+](=O)[O-])NCC1. The van der Waals surface area contributed by atoms with Gasteiger partial charge < -0.3 is 20.4 Å².